The summed E-state index contributed by atoms with van der Waals surface area (Å²) in [6.07, 6.45) is 0. The lowest BCUT2D eigenvalue weighted by molar-refractivity contribution is 0.0591. The van der Waals surface area contributed by atoms with Crippen LogP contribution in [0, 0.1) is 20.8 Å². The maximum Gasteiger partial charge on any atom is 0.337 e. The van der Waals surface area contributed by atoms with Crippen LogP contribution in [0.15, 0.2) is 36.4 Å². The first kappa shape index (κ1) is 20.9. The van der Waals surface area contributed by atoms with Crippen molar-refractivity contribution in [3.8, 4) is 0 Å². The molecule has 0 saturated heterocycles. The first-order valence-corrected chi connectivity index (χ1v) is 8.84. The fraction of sp³-hybridized carbons (Fsp3) is 0.300. The van der Waals surface area contributed by atoms with Gasteiger partial charge in [-0.05, 0) is 56.2 Å². The van der Waals surface area contributed by atoms with E-state index in [1.165, 1.54) is 14.2 Å². The van der Waals surface area contributed by atoms with Gasteiger partial charge in [-0.15, -0.1) is 0 Å². The number of esters is 2. The van der Waals surface area contributed by atoms with Gasteiger partial charge >= 0.3 is 11.9 Å². The molecule has 0 N–H and O–H groups in total. The van der Waals surface area contributed by atoms with E-state index in [4.69, 9.17) is 0 Å². The SMILES string of the molecule is COC(=O)c1cc(C)cc(C)c1.COC(=O)c1cc(C)cc(CBr)c1. The van der Waals surface area contributed by atoms with Crippen LogP contribution in [0.4, 0.5) is 0 Å². The summed E-state index contributed by atoms with van der Waals surface area (Å²) in [6.45, 7) is 5.87. The van der Waals surface area contributed by atoms with Crippen LogP contribution in [0.2, 0.25) is 0 Å². The summed E-state index contributed by atoms with van der Waals surface area (Å²) in [6, 6.07) is 11.3. The quantitative estimate of drug-likeness (QED) is 0.544. The van der Waals surface area contributed by atoms with Crippen molar-refractivity contribution in [3.63, 3.8) is 0 Å². The summed E-state index contributed by atoms with van der Waals surface area (Å²) in [5, 5.41) is 0.749. The van der Waals surface area contributed by atoms with Crippen molar-refractivity contribution in [2.75, 3.05) is 14.2 Å². The van der Waals surface area contributed by atoms with Gasteiger partial charge in [-0.25, -0.2) is 9.59 Å². The Bertz CT molecular complexity index is 733. The summed E-state index contributed by atoms with van der Waals surface area (Å²) in [5.74, 6) is -0.562. The van der Waals surface area contributed by atoms with Gasteiger partial charge in [-0.1, -0.05) is 39.2 Å². The van der Waals surface area contributed by atoms with Gasteiger partial charge in [0.25, 0.3) is 0 Å². The zero-order valence-corrected chi connectivity index (χ0v) is 16.8. The molecule has 134 valence electrons. The van der Waals surface area contributed by atoms with Gasteiger partial charge in [0.15, 0.2) is 0 Å². The fourth-order valence-electron chi connectivity index (χ4n) is 2.39. The summed E-state index contributed by atoms with van der Waals surface area (Å²) >= 11 is 3.34. The number of hydrogen-bond acceptors (Lipinski definition) is 4. The number of halogens is 1. The fourth-order valence-corrected chi connectivity index (χ4v) is 2.71. The molecule has 0 fully saturated rings. The lowest BCUT2D eigenvalue weighted by atomic mass is 10.1. The molecule has 0 aromatic heterocycles. The Labute approximate surface area is 157 Å². The molecule has 0 radical (unpaired) electrons. The van der Waals surface area contributed by atoms with Gasteiger partial charge in [0, 0.05) is 5.33 Å². The number of alkyl halides is 1. The van der Waals surface area contributed by atoms with E-state index in [1.54, 1.807) is 0 Å². The number of aryl methyl sites for hydroxylation is 3. The summed E-state index contributed by atoms with van der Waals surface area (Å²) < 4.78 is 9.24. The lowest BCUT2D eigenvalue weighted by Crippen LogP contribution is -2.02. The molecular formula is C20H23BrO4. The van der Waals surface area contributed by atoms with Crippen LogP contribution >= 0.6 is 15.9 Å². The molecule has 0 aliphatic carbocycles. The highest BCUT2D eigenvalue weighted by Crippen LogP contribution is 2.13. The monoisotopic (exact) mass is 406 g/mol. The second-order valence-corrected chi connectivity index (χ2v) is 6.26. The van der Waals surface area contributed by atoms with Crippen LogP contribution in [0.1, 0.15) is 43.0 Å². The Morgan fingerprint density at radius 3 is 1.56 bits per heavy atom. The summed E-state index contributed by atoms with van der Waals surface area (Å²) in [7, 11) is 2.78. The molecule has 0 aliphatic rings. The largest absolute Gasteiger partial charge is 0.465 e. The Balaban J connectivity index is 0.000000251. The average Bonchev–Trinajstić information content (AvgIpc) is 2.59. The molecular weight excluding hydrogens is 384 g/mol. The van der Waals surface area contributed by atoms with Gasteiger partial charge < -0.3 is 9.47 Å². The second-order valence-electron chi connectivity index (χ2n) is 5.70. The summed E-state index contributed by atoms with van der Waals surface area (Å²) in [4.78, 5) is 22.3. The van der Waals surface area contributed by atoms with E-state index < -0.39 is 0 Å². The van der Waals surface area contributed by atoms with Crippen LogP contribution in [-0.4, -0.2) is 26.2 Å². The Kier molecular flexibility index (Phi) is 8.35. The van der Waals surface area contributed by atoms with Gasteiger partial charge in [0.2, 0.25) is 0 Å². The number of methoxy groups -OCH3 is 2. The van der Waals surface area contributed by atoms with Crippen LogP contribution in [-0.2, 0) is 14.8 Å². The molecule has 4 nitrogen and oxygen atoms in total. The molecule has 2 aromatic rings. The lowest BCUT2D eigenvalue weighted by Gasteiger charge is -2.03. The standard InChI is InChI=1S/C10H11BrO2.C10H12O2/c1-7-3-8(6-11)5-9(4-7)10(12)13-2;1-7-4-8(2)6-9(5-7)10(11)12-3/h3-5H,6H2,1-2H3;4-6H,1-3H3. The second kappa shape index (κ2) is 9.99. The molecule has 2 aromatic carbocycles. The van der Waals surface area contributed by atoms with Gasteiger partial charge in [0.05, 0.1) is 25.3 Å². The van der Waals surface area contributed by atoms with Gasteiger partial charge in [0.1, 0.15) is 0 Å². The molecule has 25 heavy (non-hydrogen) atoms. The normalized spacial score (nSPS) is 9.68. The number of ether oxygens (including phenoxy) is 2. The molecule has 0 aliphatic heterocycles. The minimum atomic E-state index is -0.286. The third kappa shape index (κ3) is 6.70. The Morgan fingerprint density at radius 1 is 0.760 bits per heavy atom. The van der Waals surface area contributed by atoms with E-state index in [2.05, 4.69) is 25.4 Å². The molecule has 0 atom stereocenters. The molecule has 0 amide bonds. The van der Waals surface area contributed by atoms with Crippen LogP contribution in [0.3, 0.4) is 0 Å². The predicted molar refractivity (Wildman–Crippen MR) is 102 cm³/mol. The Morgan fingerprint density at radius 2 is 1.16 bits per heavy atom. The smallest absolute Gasteiger partial charge is 0.337 e. The van der Waals surface area contributed by atoms with E-state index >= 15 is 0 Å². The molecule has 0 unspecified atom stereocenters. The maximum absolute atomic E-state index is 11.2. The Hall–Kier alpha value is -2.14. The minimum absolute atomic E-state index is 0.276. The maximum atomic E-state index is 11.2. The molecule has 0 heterocycles. The average molecular weight is 407 g/mol. The number of benzene rings is 2. The van der Waals surface area contributed by atoms with Crippen molar-refractivity contribution in [2.45, 2.75) is 26.1 Å². The highest BCUT2D eigenvalue weighted by molar-refractivity contribution is 9.08. The highest BCUT2D eigenvalue weighted by atomic mass is 79.9. The first-order chi connectivity index (χ1) is 11.8. The number of carbonyl (C=O) groups is 2. The van der Waals surface area contributed by atoms with E-state index in [0.29, 0.717) is 11.1 Å². The molecule has 0 spiro atoms. The molecule has 0 saturated carbocycles. The van der Waals surface area contributed by atoms with Crippen molar-refractivity contribution in [3.05, 3.63) is 69.8 Å². The number of hydrogen-bond donors (Lipinski definition) is 0. The number of carbonyl (C=O) groups excluding carboxylic acids is 2. The van der Waals surface area contributed by atoms with Crippen LogP contribution in [0.25, 0.3) is 0 Å². The van der Waals surface area contributed by atoms with Crippen molar-refractivity contribution >= 4 is 27.9 Å². The van der Waals surface area contributed by atoms with Crippen LogP contribution in [0.5, 0.6) is 0 Å². The van der Waals surface area contributed by atoms with Crippen LogP contribution < -0.4 is 0 Å². The third-order valence-corrected chi connectivity index (χ3v) is 4.00. The number of rotatable bonds is 3. The first-order valence-electron chi connectivity index (χ1n) is 7.72. The predicted octanol–water partition coefficient (Wildman–Crippen LogP) is 4.77. The van der Waals surface area contributed by atoms with Crippen molar-refractivity contribution in [1.29, 1.82) is 0 Å². The van der Waals surface area contributed by atoms with Crippen molar-refractivity contribution in [1.82, 2.24) is 0 Å². The van der Waals surface area contributed by atoms with Crippen molar-refractivity contribution < 1.29 is 19.1 Å². The third-order valence-electron chi connectivity index (χ3n) is 3.36. The van der Waals surface area contributed by atoms with E-state index in [1.807, 2.05) is 57.2 Å². The van der Waals surface area contributed by atoms with E-state index in [0.717, 1.165) is 27.6 Å². The zero-order chi connectivity index (χ0) is 19.0. The zero-order valence-electron chi connectivity index (χ0n) is 15.2. The van der Waals surface area contributed by atoms with Gasteiger partial charge in [-0.2, -0.15) is 0 Å². The van der Waals surface area contributed by atoms with Crippen molar-refractivity contribution in [2.24, 2.45) is 0 Å². The van der Waals surface area contributed by atoms with E-state index in [9.17, 15) is 9.59 Å². The topological polar surface area (TPSA) is 52.6 Å². The molecule has 2 rings (SSSR count). The highest BCUT2D eigenvalue weighted by Gasteiger charge is 2.06. The van der Waals surface area contributed by atoms with E-state index in [-0.39, 0.29) is 11.9 Å². The molecule has 5 heteroatoms. The molecule has 0 bridgehead atoms. The summed E-state index contributed by atoms with van der Waals surface area (Å²) in [5.41, 5.74) is 5.54. The van der Waals surface area contributed by atoms with Gasteiger partial charge in [-0.3, -0.25) is 0 Å². The minimum Gasteiger partial charge on any atom is -0.465 e.